The summed E-state index contributed by atoms with van der Waals surface area (Å²) in [6, 6.07) is 6.47. The first-order chi connectivity index (χ1) is 5.72. The normalized spacial score (nSPS) is 10.1. The number of rotatable bonds is 1. The van der Waals surface area contributed by atoms with E-state index in [0.29, 0.717) is 11.8 Å². The maximum atomic E-state index is 10.6. The van der Waals surface area contributed by atoms with E-state index in [0.717, 1.165) is 0 Å². The molecule has 0 aliphatic rings. The van der Waals surface area contributed by atoms with Gasteiger partial charge in [0.1, 0.15) is 5.75 Å². The molecule has 1 aromatic carbocycles. The number of carbonyl (C=O) groups is 1. The van der Waals surface area contributed by atoms with Crippen LogP contribution in [0.5, 0.6) is 5.75 Å². The smallest absolute Gasteiger partial charge is 0.437 e. The van der Waals surface area contributed by atoms with E-state index in [1.165, 1.54) is 31.4 Å². The molecule has 11 heavy (non-hydrogen) atoms. The maximum absolute atomic E-state index is 10.6. The van der Waals surface area contributed by atoms with E-state index in [9.17, 15) is 4.79 Å². The summed E-state index contributed by atoms with van der Waals surface area (Å²) in [6.45, 7) is 0. The molecular weight excluding hydrogens is 144 g/mol. The molecule has 0 N–H and O–H groups in total. The predicted octanol–water partition coefficient (Wildman–Crippen LogP) is 1.83. The highest BCUT2D eigenvalue weighted by molar-refractivity contribution is 5.63. The largest absolute Gasteiger partial charge is 0.513 e. The third-order valence-electron chi connectivity index (χ3n) is 1.06. The van der Waals surface area contributed by atoms with Gasteiger partial charge in [-0.2, -0.15) is 0 Å². The van der Waals surface area contributed by atoms with Gasteiger partial charge >= 0.3 is 6.16 Å². The number of hydrogen-bond donors (Lipinski definition) is 0. The Bertz CT molecular complexity index is 268. The van der Waals surface area contributed by atoms with E-state index in [4.69, 9.17) is 1.37 Å². The van der Waals surface area contributed by atoms with Crippen LogP contribution in [-0.2, 0) is 4.74 Å². The Morgan fingerprint density at radius 3 is 2.73 bits per heavy atom. The molecule has 0 fully saturated rings. The summed E-state index contributed by atoms with van der Waals surface area (Å²) < 4.78 is 16.1. The minimum atomic E-state index is -0.757. The van der Waals surface area contributed by atoms with Crippen LogP contribution in [0.1, 0.15) is 1.37 Å². The van der Waals surface area contributed by atoms with Gasteiger partial charge in [0, 0.05) is 0 Å². The zero-order valence-corrected chi connectivity index (χ0v) is 6.03. The number of methoxy groups -OCH3 is 1. The van der Waals surface area contributed by atoms with Crippen molar-refractivity contribution in [3.63, 3.8) is 0 Å². The van der Waals surface area contributed by atoms with Crippen LogP contribution in [0.4, 0.5) is 4.79 Å². The Morgan fingerprint density at radius 1 is 1.55 bits per heavy atom. The Labute approximate surface area is 66.0 Å². The van der Waals surface area contributed by atoms with Gasteiger partial charge in [-0.25, -0.2) is 4.79 Å². The van der Waals surface area contributed by atoms with Crippen LogP contribution in [0.15, 0.2) is 30.3 Å². The van der Waals surface area contributed by atoms with Gasteiger partial charge in [0.05, 0.1) is 8.48 Å². The van der Waals surface area contributed by atoms with Crippen molar-refractivity contribution >= 4 is 6.16 Å². The molecule has 0 bridgehead atoms. The zero-order valence-electron chi connectivity index (χ0n) is 7.03. The molecule has 0 spiro atoms. The first-order valence-corrected chi connectivity index (χ1v) is 3.05. The summed E-state index contributed by atoms with van der Waals surface area (Å²) >= 11 is 0. The fourth-order valence-corrected chi connectivity index (χ4v) is 0.578. The molecule has 1 aromatic rings. The molecule has 0 aliphatic carbocycles. The summed E-state index contributed by atoms with van der Waals surface area (Å²) in [5, 5.41) is 0. The fourth-order valence-electron chi connectivity index (χ4n) is 0.578. The van der Waals surface area contributed by atoms with Crippen LogP contribution in [0.3, 0.4) is 0 Å². The van der Waals surface area contributed by atoms with Crippen molar-refractivity contribution in [1.82, 2.24) is 0 Å². The van der Waals surface area contributed by atoms with Gasteiger partial charge in [0.15, 0.2) is 0 Å². The quantitative estimate of drug-likeness (QED) is 0.457. The standard InChI is InChI=1S/C8H8O3/c1-10-8(9)11-7-5-3-2-4-6-7/h2-6H,1H3/i2T. The minimum Gasteiger partial charge on any atom is -0.437 e. The Balaban J connectivity index is 2.64. The van der Waals surface area contributed by atoms with Gasteiger partial charge in [0.2, 0.25) is 0 Å². The molecule has 0 radical (unpaired) electrons. The van der Waals surface area contributed by atoms with Crippen molar-refractivity contribution in [2.75, 3.05) is 7.11 Å². The third kappa shape index (κ3) is 2.29. The molecule has 3 heteroatoms. The molecule has 0 atom stereocenters. The molecule has 0 amide bonds. The van der Waals surface area contributed by atoms with Gasteiger partial charge in [-0.1, -0.05) is 18.2 Å². The monoisotopic (exact) mass is 154 g/mol. The van der Waals surface area contributed by atoms with Crippen molar-refractivity contribution in [3.05, 3.63) is 30.3 Å². The van der Waals surface area contributed by atoms with Crippen molar-refractivity contribution < 1.29 is 15.6 Å². The lowest BCUT2D eigenvalue weighted by Gasteiger charge is -1.99. The second kappa shape index (κ2) is 3.61. The van der Waals surface area contributed by atoms with Crippen molar-refractivity contribution in [2.45, 2.75) is 0 Å². The Hall–Kier alpha value is -1.51. The lowest BCUT2D eigenvalue weighted by atomic mass is 10.3. The van der Waals surface area contributed by atoms with E-state index in [-0.39, 0.29) is 0 Å². The SMILES string of the molecule is [3H]c1ccc(OC(=O)OC)cc1. The van der Waals surface area contributed by atoms with Gasteiger partial charge in [-0.15, -0.1) is 0 Å². The van der Waals surface area contributed by atoms with E-state index in [2.05, 4.69) is 9.47 Å². The first-order valence-electron chi connectivity index (χ1n) is 3.55. The first kappa shape index (κ1) is 6.22. The minimum absolute atomic E-state index is 0.368. The van der Waals surface area contributed by atoms with Crippen LogP contribution in [-0.4, -0.2) is 13.3 Å². The highest BCUT2D eigenvalue weighted by atomic mass is 16.7. The number of hydrogen-bond acceptors (Lipinski definition) is 3. The number of para-hydroxylation sites is 1. The van der Waals surface area contributed by atoms with Crippen molar-refractivity contribution in [1.29, 1.82) is 0 Å². The molecule has 0 aromatic heterocycles. The Morgan fingerprint density at radius 2 is 2.18 bits per heavy atom. The van der Waals surface area contributed by atoms with Crippen LogP contribution < -0.4 is 4.74 Å². The highest BCUT2D eigenvalue weighted by Crippen LogP contribution is 2.08. The number of carbonyl (C=O) groups excluding carboxylic acids is 1. The molecule has 0 aliphatic heterocycles. The second-order valence-electron chi connectivity index (χ2n) is 1.79. The van der Waals surface area contributed by atoms with Crippen molar-refractivity contribution in [3.8, 4) is 5.75 Å². The zero-order chi connectivity index (χ0) is 8.97. The van der Waals surface area contributed by atoms with Gasteiger partial charge < -0.3 is 9.47 Å². The highest BCUT2D eigenvalue weighted by Gasteiger charge is 2.00. The molecule has 0 saturated carbocycles. The summed E-state index contributed by atoms with van der Waals surface area (Å²) in [5.41, 5.74) is 0. The number of ether oxygens (including phenoxy) is 2. The third-order valence-corrected chi connectivity index (χ3v) is 1.06. The van der Waals surface area contributed by atoms with Crippen LogP contribution in [0.25, 0.3) is 0 Å². The predicted molar refractivity (Wildman–Crippen MR) is 39.5 cm³/mol. The van der Waals surface area contributed by atoms with E-state index >= 15 is 0 Å². The van der Waals surface area contributed by atoms with Crippen molar-refractivity contribution in [2.24, 2.45) is 0 Å². The fraction of sp³-hybridized carbons (Fsp3) is 0.125. The van der Waals surface area contributed by atoms with Gasteiger partial charge in [-0.3, -0.25) is 0 Å². The second-order valence-corrected chi connectivity index (χ2v) is 1.79. The average molecular weight is 154 g/mol. The summed E-state index contributed by atoms with van der Waals surface area (Å²) in [7, 11) is 1.24. The Kier molecular flexibility index (Phi) is 2.04. The van der Waals surface area contributed by atoms with Crippen LogP contribution in [0.2, 0.25) is 0 Å². The van der Waals surface area contributed by atoms with E-state index in [1.807, 2.05) is 0 Å². The molecule has 0 saturated heterocycles. The molecule has 1 rings (SSSR count). The lowest BCUT2D eigenvalue weighted by Crippen LogP contribution is -2.06. The summed E-state index contributed by atoms with van der Waals surface area (Å²) in [5.74, 6) is 0.373. The number of benzene rings is 1. The van der Waals surface area contributed by atoms with Crippen LogP contribution >= 0.6 is 0 Å². The molecule has 58 valence electrons. The molecule has 0 heterocycles. The van der Waals surface area contributed by atoms with E-state index < -0.39 is 6.16 Å². The molecular formula is C8H8O3. The van der Waals surface area contributed by atoms with E-state index in [1.54, 1.807) is 0 Å². The average Bonchev–Trinajstić information content (AvgIpc) is 2.09. The van der Waals surface area contributed by atoms with Crippen LogP contribution in [0, 0.1) is 0 Å². The summed E-state index contributed by atoms with van der Waals surface area (Å²) in [6.07, 6.45) is -0.757. The topological polar surface area (TPSA) is 35.5 Å². The lowest BCUT2D eigenvalue weighted by molar-refractivity contribution is 0.121. The van der Waals surface area contributed by atoms with Gasteiger partial charge in [-0.05, 0) is 12.1 Å². The maximum Gasteiger partial charge on any atom is 0.513 e. The summed E-state index contributed by atoms with van der Waals surface area (Å²) in [4.78, 5) is 10.6. The molecule has 3 nitrogen and oxygen atoms in total. The molecule has 0 unspecified atom stereocenters. The van der Waals surface area contributed by atoms with Gasteiger partial charge in [0.25, 0.3) is 0 Å².